The van der Waals surface area contributed by atoms with Crippen molar-refractivity contribution in [2.24, 2.45) is 0 Å². The maximum absolute atomic E-state index is 12.8. The van der Waals surface area contributed by atoms with Gasteiger partial charge in [0.2, 0.25) is 11.9 Å². The first-order valence-corrected chi connectivity index (χ1v) is 13.7. The molecule has 2 aromatic rings. The van der Waals surface area contributed by atoms with Crippen molar-refractivity contribution in [3.8, 4) is 11.5 Å². The van der Waals surface area contributed by atoms with Crippen LogP contribution < -0.4 is 20.0 Å². The zero-order valence-electron chi connectivity index (χ0n) is 18.9. The number of ether oxygens (including phenoxy) is 3. The summed E-state index contributed by atoms with van der Waals surface area (Å²) in [4.78, 5) is 25.3. The predicted octanol–water partition coefficient (Wildman–Crippen LogP) is 3.59. The summed E-state index contributed by atoms with van der Waals surface area (Å²) in [5.74, 6) is 0.426. The van der Waals surface area contributed by atoms with Crippen molar-refractivity contribution in [3.63, 3.8) is 0 Å². The van der Waals surface area contributed by atoms with Crippen molar-refractivity contribution in [3.05, 3.63) is 59.4 Å². The average Bonchev–Trinajstić information content (AvgIpc) is 3.09. The number of hydrogen-bond acceptors (Lipinski definition) is 5. The summed E-state index contributed by atoms with van der Waals surface area (Å²) in [7, 11) is 1.53. The minimum Gasteiger partial charge on any atom is -0.494 e. The van der Waals surface area contributed by atoms with Crippen LogP contribution in [0, 0.1) is 6.92 Å². The van der Waals surface area contributed by atoms with E-state index < -0.39 is 20.1 Å². The third-order valence-corrected chi connectivity index (χ3v) is 7.37. The Labute approximate surface area is 184 Å². The van der Waals surface area contributed by atoms with Gasteiger partial charge in [-0.15, -0.1) is 0 Å². The van der Waals surface area contributed by atoms with Gasteiger partial charge in [-0.3, -0.25) is 9.59 Å². The van der Waals surface area contributed by atoms with Crippen LogP contribution >= 0.6 is 0 Å². The zero-order valence-corrected chi connectivity index (χ0v) is 19.9. The highest BCUT2D eigenvalue weighted by molar-refractivity contribution is 6.88. The Kier molecular flexibility index (Phi) is 6.55. The Morgan fingerprint density at radius 1 is 1.10 bits per heavy atom. The van der Waals surface area contributed by atoms with Gasteiger partial charge in [-0.1, -0.05) is 49.1 Å². The first kappa shape index (κ1) is 22.6. The van der Waals surface area contributed by atoms with Gasteiger partial charge >= 0.3 is 0 Å². The van der Waals surface area contributed by atoms with Crippen molar-refractivity contribution < 1.29 is 23.8 Å². The predicted molar refractivity (Wildman–Crippen MR) is 124 cm³/mol. The second-order valence-electron chi connectivity index (χ2n) is 8.61. The molecule has 0 aromatic heterocycles. The number of carbonyl (C=O) groups excluding carboxylic acids is 2. The average molecular weight is 440 g/mol. The van der Waals surface area contributed by atoms with E-state index >= 15 is 0 Å². The van der Waals surface area contributed by atoms with Crippen LogP contribution in [0.25, 0.3) is 0 Å². The van der Waals surface area contributed by atoms with Gasteiger partial charge in [0.25, 0.3) is 5.91 Å². The number of aryl methyl sites for hydroxylation is 1. The summed E-state index contributed by atoms with van der Waals surface area (Å²) in [6.45, 7) is 8.92. The van der Waals surface area contributed by atoms with Gasteiger partial charge in [-0.05, 0) is 30.2 Å². The minimum atomic E-state index is -1.46. The topological polar surface area (TPSA) is 73.9 Å². The summed E-state index contributed by atoms with van der Waals surface area (Å²) in [5, 5.41) is 4.06. The highest BCUT2D eigenvalue weighted by Crippen LogP contribution is 2.34. The zero-order chi connectivity index (χ0) is 22.8. The number of amides is 1. The maximum atomic E-state index is 12.8. The Morgan fingerprint density at radius 3 is 2.32 bits per heavy atom. The second-order valence-corrected chi connectivity index (χ2v) is 13.7. The SMILES string of the molecule is COc1cccc(OC)c1NC(=O)C1OC(Cc2cc([Si](C)(C)C)ccc2C)=CC1=O. The fourth-order valence-corrected chi connectivity index (χ4v) is 4.62. The second kappa shape index (κ2) is 8.97. The van der Waals surface area contributed by atoms with E-state index in [1.807, 2.05) is 6.92 Å². The third-order valence-electron chi connectivity index (χ3n) is 5.32. The molecule has 2 aromatic carbocycles. The van der Waals surface area contributed by atoms with Crippen molar-refractivity contribution >= 4 is 30.6 Å². The molecule has 0 spiro atoms. The van der Waals surface area contributed by atoms with E-state index in [0.29, 0.717) is 29.4 Å². The number of allylic oxidation sites excluding steroid dienone is 1. The molecule has 0 fully saturated rings. The van der Waals surface area contributed by atoms with Gasteiger partial charge in [0.1, 0.15) is 22.9 Å². The van der Waals surface area contributed by atoms with Crippen molar-refractivity contribution in [1.82, 2.24) is 0 Å². The lowest BCUT2D eigenvalue weighted by Gasteiger charge is -2.19. The van der Waals surface area contributed by atoms with Crippen molar-refractivity contribution in [2.45, 2.75) is 39.1 Å². The number of anilines is 1. The van der Waals surface area contributed by atoms with E-state index in [2.05, 4.69) is 43.2 Å². The van der Waals surface area contributed by atoms with Crippen LogP contribution in [-0.4, -0.2) is 40.1 Å². The van der Waals surface area contributed by atoms with E-state index in [9.17, 15) is 9.59 Å². The number of para-hydroxylation sites is 1. The molecule has 1 N–H and O–H groups in total. The van der Waals surface area contributed by atoms with Crippen LogP contribution in [0.5, 0.6) is 11.5 Å². The van der Waals surface area contributed by atoms with Crippen LogP contribution in [0.1, 0.15) is 11.1 Å². The van der Waals surface area contributed by atoms with Gasteiger partial charge in [0.05, 0.1) is 22.3 Å². The molecule has 0 saturated heterocycles. The Balaban J connectivity index is 1.75. The summed E-state index contributed by atoms with van der Waals surface area (Å²) >= 11 is 0. The number of hydrogen-bond donors (Lipinski definition) is 1. The molecule has 6 nitrogen and oxygen atoms in total. The van der Waals surface area contributed by atoms with Gasteiger partial charge in [-0.25, -0.2) is 0 Å². The quantitative estimate of drug-likeness (QED) is 0.527. The van der Waals surface area contributed by atoms with E-state index in [4.69, 9.17) is 14.2 Å². The van der Waals surface area contributed by atoms with Crippen LogP contribution in [0.15, 0.2) is 48.2 Å². The molecule has 0 bridgehead atoms. The van der Waals surface area contributed by atoms with Gasteiger partial charge in [0, 0.05) is 12.5 Å². The standard InChI is InChI=1S/C24H29NO5Si/c1-15-10-11-18(31(4,5)6)13-16(15)12-17-14-19(26)23(30-17)24(27)25-22-20(28-2)8-7-9-21(22)29-3/h7-11,13-14,23H,12H2,1-6H3,(H,25,27). The minimum absolute atomic E-state index is 0.362. The van der Waals surface area contributed by atoms with Crippen LogP contribution in [0.4, 0.5) is 5.69 Å². The Hall–Kier alpha value is -3.06. The summed E-state index contributed by atoms with van der Waals surface area (Å²) in [6.07, 6.45) is 0.659. The van der Waals surface area contributed by atoms with Gasteiger partial charge in [-0.2, -0.15) is 0 Å². The van der Waals surface area contributed by atoms with Gasteiger partial charge in [0.15, 0.2) is 0 Å². The normalized spacial score (nSPS) is 15.9. The highest BCUT2D eigenvalue weighted by Gasteiger charge is 2.34. The van der Waals surface area contributed by atoms with E-state index in [-0.39, 0.29) is 5.78 Å². The Bertz CT molecular complexity index is 1020. The number of nitrogens with one attached hydrogen (secondary N) is 1. The van der Waals surface area contributed by atoms with Crippen molar-refractivity contribution in [2.75, 3.05) is 19.5 Å². The molecule has 7 heteroatoms. The number of benzene rings is 2. The molecule has 1 amide bonds. The monoisotopic (exact) mass is 439 g/mol. The van der Waals surface area contributed by atoms with Crippen LogP contribution in [-0.2, 0) is 20.7 Å². The smallest absolute Gasteiger partial charge is 0.273 e. The van der Waals surface area contributed by atoms with E-state index in [1.54, 1.807) is 18.2 Å². The van der Waals surface area contributed by atoms with Crippen molar-refractivity contribution in [1.29, 1.82) is 0 Å². The van der Waals surface area contributed by atoms with Crippen LogP contribution in [0.3, 0.4) is 0 Å². The first-order chi connectivity index (χ1) is 14.6. The number of methoxy groups -OCH3 is 2. The summed E-state index contributed by atoms with van der Waals surface area (Å²) in [6, 6.07) is 11.6. The maximum Gasteiger partial charge on any atom is 0.273 e. The molecule has 1 heterocycles. The molecule has 3 rings (SSSR count). The molecule has 0 aliphatic carbocycles. The molecule has 1 aliphatic heterocycles. The number of rotatable bonds is 7. The van der Waals surface area contributed by atoms with Crippen LogP contribution in [0.2, 0.25) is 19.6 Å². The fraction of sp³-hybridized carbons (Fsp3) is 0.333. The number of carbonyl (C=O) groups is 2. The molecule has 0 radical (unpaired) electrons. The van der Waals surface area contributed by atoms with E-state index in [0.717, 1.165) is 11.1 Å². The molecule has 0 saturated carbocycles. The van der Waals surface area contributed by atoms with Gasteiger partial charge < -0.3 is 19.5 Å². The lowest BCUT2D eigenvalue weighted by atomic mass is 10.0. The summed E-state index contributed by atoms with van der Waals surface area (Å²) < 4.78 is 16.4. The largest absolute Gasteiger partial charge is 0.494 e. The Morgan fingerprint density at radius 2 is 1.74 bits per heavy atom. The molecule has 1 aliphatic rings. The molecule has 31 heavy (non-hydrogen) atoms. The summed E-state index contributed by atoms with van der Waals surface area (Å²) in [5.41, 5.74) is 2.60. The molecular formula is C24H29NO5Si. The molecule has 164 valence electrons. The first-order valence-electron chi connectivity index (χ1n) is 10.2. The molecule has 1 unspecified atom stereocenters. The molecule has 1 atom stereocenters. The lowest BCUT2D eigenvalue weighted by Crippen LogP contribution is -2.37. The third kappa shape index (κ3) is 4.99. The molecular weight excluding hydrogens is 410 g/mol. The lowest BCUT2D eigenvalue weighted by molar-refractivity contribution is -0.132. The highest BCUT2D eigenvalue weighted by atomic mass is 28.3. The fourth-order valence-electron chi connectivity index (χ4n) is 3.43. The van der Waals surface area contributed by atoms with E-state index in [1.165, 1.54) is 25.5 Å². The number of ketones is 1.